The average molecular weight is 281 g/mol. The standard InChI is InChI=1S/C15H14Cl2O/c1-11-2-7-15(13(8-11)9-16)18-10-12-3-5-14(17)6-4-12/h2-8H,9-10H2,1H3. The van der Waals surface area contributed by atoms with Gasteiger partial charge in [-0.2, -0.15) is 0 Å². The first-order valence-electron chi connectivity index (χ1n) is 5.72. The fourth-order valence-electron chi connectivity index (χ4n) is 1.70. The molecule has 0 spiro atoms. The van der Waals surface area contributed by atoms with Gasteiger partial charge in [0.1, 0.15) is 12.4 Å². The van der Waals surface area contributed by atoms with E-state index in [1.54, 1.807) is 0 Å². The molecular formula is C15H14Cl2O. The van der Waals surface area contributed by atoms with Crippen molar-refractivity contribution in [1.82, 2.24) is 0 Å². The van der Waals surface area contributed by atoms with E-state index in [0.29, 0.717) is 12.5 Å². The molecule has 2 rings (SSSR count). The van der Waals surface area contributed by atoms with Gasteiger partial charge < -0.3 is 4.74 Å². The summed E-state index contributed by atoms with van der Waals surface area (Å²) in [6, 6.07) is 13.7. The smallest absolute Gasteiger partial charge is 0.124 e. The second-order valence-electron chi connectivity index (χ2n) is 4.16. The minimum Gasteiger partial charge on any atom is -0.489 e. The molecule has 0 heterocycles. The lowest BCUT2D eigenvalue weighted by Gasteiger charge is -2.10. The zero-order chi connectivity index (χ0) is 13.0. The van der Waals surface area contributed by atoms with Gasteiger partial charge in [-0.25, -0.2) is 0 Å². The minimum absolute atomic E-state index is 0.456. The molecule has 0 fully saturated rings. The van der Waals surface area contributed by atoms with Crippen LogP contribution >= 0.6 is 23.2 Å². The molecule has 0 saturated carbocycles. The summed E-state index contributed by atoms with van der Waals surface area (Å²) in [5, 5.41) is 0.732. The Balaban J connectivity index is 2.08. The van der Waals surface area contributed by atoms with E-state index in [1.807, 2.05) is 49.4 Å². The van der Waals surface area contributed by atoms with Gasteiger partial charge in [0.05, 0.1) is 5.88 Å². The summed E-state index contributed by atoms with van der Waals surface area (Å²) in [6.07, 6.45) is 0. The van der Waals surface area contributed by atoms with E-state index in [2.05, 4.69) is 0 Å². The van der Waals surface area contributed by atoms with Gasteiger partial charge in [-0.15, -0.1) is 11.6 Å². The van der Waals surface area contributed by atoms with Crippen molar-refractivity contribution in [2.45, 2.75) is 19.4 Å². The zero-order valence-electron chi connectivity index (χ0n) is 10.1. The highest BCUT2D eigenvalue weighted by Crippen LogP contribution is 2.23. The van der Waals surface area contributed by atoms with Crippen molar-refractivity contribution in [3.63, 3.8) is 0 Å². The molecule has 0 bridgehead atoms. The highest BCUT2D eigenvalue weighted by Gasteiger charge is 2.03. The normalized spacial score (nSPS) is 10.4. The molecule has 94 valence electrons. The molecule has 18 heavy (non-hydrogen) atoms. The summed E-state index contributed by atoms with van der Waals surface area (Å²) in [7, 11) is 0. The topological polar surface area (TPSA) is 9.23 Å². The third-order valence-electron chi connectivity index (χ3n) is 2.67. The van der Waals surface area contributed by atoms with Gasteiger partial charge >= 0.3 is 0 Å². The largest absolute Gasteiger partial charge is 0.489 e. The van der Waals surface area contributed by atoms with Crippen LogP contribution in [-0.4, -0.2) is 0 Å². The van der Waals surface area contributed by atoms with Crippen LogP contribution in [0.3, 0.4) is 0 Å². The average Bonchev–Trinajstić information content (AvgIpc) is 2.39. The molecule has 0 aliphatic heterocycles. The van der Waals surface area contributed by atoms with E-state index in [1.165, 1.54) is 5.56 Å². The molecule has 2 aromatic rings. The molecule has 0 aliphatic carbocycles. The Morgan fingerprint density at radius 2 is 1.78 bits per heavy atom. The first-order valence-corrected chi connectivity index (χ1v) is 6.63. The summed E-state index contributed by atoms with van der Waals surface area (Å²) in [4.78, 5) is 0. The first-order chi connectivity index (χ1) is 8.69. The van der Waals surface area contributed by atoms with Crippen LogP contribution in [0.15, 0.2) is 42.5 Å². The van der Waals surface area contributed by atoms with E-state index in [-0.39, 0.29) is 0 Å². The Morgan fingerprint density at radius 3 is 2.44 bits per heavy atom. The summed E-state index contributed by atoms with van der Waals surface area (Å²) in [6.45, 7) is 2.56. The Kier molecular flexibility index (Phi) is 4.51. The summed E-state index contributed by atoms with van der Waals surface area (Å²) in [5.74, 6) is 1.29. The number of hydrogen-bond acceptors (Lipinski definition) is 1. The number of halogens is 2. The molecule has 0 aromatic heterocycles. The van der Waals surface area contributed by atoms with Crippen molar-refractivity contribution in [3.05, 3.63) is 64.2 Å². The van der Waals surface area contributed by atoms with Crippen LogP contribution < -0.4 is 4.74 Å². The number of rotatable bonds is 4. The van der Waals surface area contributed by atoms with Gasteiger partial charge in [-0.1, -0.05) is 41.4 Å². The lowest BCUT2D eigenvalue weighted by molar-refractivity contribution is 0.304. The third-order valence-corrected chi connectivity index (χ3v) is 3.21. The molecule has 0 amide bonds. The van der Waals surface area contributed by atoms with Gasteiger partial charge in [-0.3, -0.25) is 0 Å². The van der Waals surface area contributed by atoms with E-state index >= 15 is 0 Å². The lowest BCUT2D eigenvalue weighted by Crippen LogP contribution is -1.98. The molecule has 1 nitrogen and oxygen atoms in total. The van der Waals surface area contributed by atoms with Crippen LogP contribution in [0.5, 0.6) is 5.75 Å². The van der Waals surface area contributed by atoms with Crippen molar-refractivity contribution in [1.29, 1.82) is 0 Å². The molecular weight excluding hydrogens is 267 g/mol. The SMILES string of the molecule is Cc1ccc(OCc2ccc(Cl)cc2)c(CCl)c1. The van der Waals surface area contributed by atoms with E-state index in [9.17, 15) is 0 Å². The van der Waals surface area contributed by atoms with Crippen molar-refractivity contribution < 1.29 is 4.74 Å². The van der Waals surface area contributed by atoms with Gasteiger partial charge in [0.2, 0.25) is 0 Å². The Morgan fingerprint density at radius 1 is 1.06 bits per heavy atom. The van der Waals surface area contributed by atoms with E-state index in [0.717, 1.165) is 21.9 Å². The maximum atomic E-state index is 5.91. The predicted molar refractivity (Wildman–Crippen MR) is 76.5 cm³/mol. The molecule has 2 aromatic carbocycles. The molecule has 0 saturated heterocycles. The number of ether oxygens (including phenoxy) is 1. The van der Waals surface area contributed by atoms with Gasteiger partial charge in [0.15, 0.2) is 0 Å². The van der Waals surface area contributed by atoms with Crippen LogP contribution in [0, 0.1) is 6.92 Å². The first kappa shape index (κ1) is 13.3. The number of aryl methyl sites for hydroxylation is 1. The highest BCUT2D eigenvalue weighted by molar-refractivity contribution is 6.30. The van der Waals surface area contributed by atoms with Gasteiger partial charge in [0, 0.05) is 10.6 Å². The fraction of sp³-hybridized carbons (Fsp3) is 0.200. The molecule has 0 unspecified atom stereocenters. The Bertz CT molecular complexity index is 521. The van der Waals surface area contributed by atoms with Crippen LogP contribution in [0.2, 0.25) is 5.02 Å². The molecule has 3 heteroatoms. The summed E-state index contributed by atoms with van der Waals surface area (Å²) in [5.41, 5.74) is 3.29. The number of alkyl halides is 1. The summed E-state index contributed by atoms with van der Waals surface area (Å²) >= 11 is 11.7. The fourth-order valence-corrected chi connectivity index (χ4v) is 2.03. The zero-order valence-corrected chi connectivity index (χ0v) is 11.6. The van der Waals surface area contributed by atoms with E-state index < -0.39 is 0 Å². The Labute approximate surface area is 117 Å². The monoisotopic (exact) mass is 280 g/mol. The van der Waals surface area contributed by atoms with Crippen molar-refractivity contribution in [3.8, 4) is 5.75 Å². The second kappa shape index (κ2) is 6.12. The predicted octanol–water partition coefficient (Wildman–Crippen LogP) is 4.97. The van der Waals surface area contributed by atoms with E-state index in [4.69, 9.17) is 27.9 Å². The second-order valence-corrected chi connectivity index (χ2v) is 4.86. The van der Waals surface area contributed by atoms with Crippen LogP contribution in [0.25, 0.3) is 0 Å². The quantitative estimate of drug-likeness (QED) is 0.719. The number of hydrogen-bond donors (Lipinski definition) is 0. The minimum atomic E-state index is 0.456. The highest BCUT2D eigenvalue weighted by atomic mass is 35.5. The third kappa shape index (κ3) is 3.41. The molecule has 0 radical (unpaired) electrons. The molecule has 0 N–H and O–H groups in total. The van der Waals surface area contributed by atoms with Gasteiger partial charge in [-0.05, 0) is 30.7 Å². The Hall–Kier alpha value is -1.18. The molecule has 0 aliphatic rings. The van der Waals surface area contributed by atoms with Crippen LogP contribution in [-0.2, 0) is 12.5 Å². The number of benzene rings is 2. The summed E-state index contributed by atoms with van der Waals surface area (Å²) < 4.78 is 5.78. The van der Waals surface area contributed by atoms with Crippen LogP contribution in [0.1, 0.15) is 16.7 Å². The van der Waals surface area contributed by atoms with Crippen molar-refractivity contribution in [2.75, 3.05) is 0 Å². The van der Waals surface area contributed by atoms with Gasteiger partial charge in [0.25, 0.3) is 0 Å². The van der Waals surface area contributed by atoms with Crippen molar-refractivity contribution >= 4 is 23.2 Å². The lowest BCUT2D eigenvalue weighted by atomic mass is 10.1. The van der Waals surface area contributed by atoms with Crippen molar-refractivity contribution in [2.24, 2.45) is 0 Å². The molecule has 0 atom stereocenters. The maximum Gasteiger partial charge on any atom is 0.124 e. The van der Waals surface area contributed by atoms with Crippen LogP contribution in [0.4, 0.5) is 0 Å². The maximum absolute atomic E-state index is 5.91.